The summed E-state index contributed by atoms with van der Waals surface area (Å²) in [5, 5.41) is 5.65. The van der Waals surface area contributed by atoms with E-state index < -0.39 is 0 Å². The molecule has 1 aromatic carbocycles. The lowest BCUT2D eigenvalue weighted by Crippen LogP contribution is -2.45. The number of piperidine rings is 2. The van der Waals surface area contributed by atoms with Crippen molar-refractivity contribution in [2.45, 2.75) is 64.5 Å². The van der Waals surface area contributed by atoms with Crippen molar-refractivity contribution in [2.75, 3.05) is 46.4 Å². The number of fused-ring (bicyclic) bond motifs is 1. The monoisotopic (exact) mass is 449 g/mol. The first-order valence-corrected chi connectivity index (χ1v) is 12.6. The Bertz CT molecular complexity index is 1010. The molecule has 0 aromatic heterocycles. The van der Waals surface area contributed by atoms with Crippen LogP contribution >= 0.6 is 0 Å². The number of methoxy groups -OCH3 is 1. The third-order valence-corrected chi connectivity index (χ3v) is 6.96. The molecule has 178 valence electrons. The number of hydrogen-bond acceptors (Lipinski definition) is 6. The molecule has 1 aromatic rings. The Kier molecular flexibility index (Phi) is 8.41. The quantitative estimate of drug-likeness (QED) is 0.677. The van der Waals surface area contributed by atoms with Crippen molar-refractivity contribution in [3.8, 4) is 17.6 Å². The maximum absolute atomic E-state index is 5.72. The number of benzene rings is 1. The first-order chi connectivity index (χ1) is 16.1. The van der Waals surface area contributed by atoms with Gasteiger partial charge in [-0.1, -0.05) is 18.3 Å². The van der Waals surface area contributed by atoms with Crippen molar-refractivity contribution in [3.63, 3.8) is 0 Å². The summed E-state index contributed by atoms with van der Waals surface area (Å²) in [7, 11) is 1.71. The number of ether oxygens (including phenoxy) is 1. The molecule has 0 aliphatic carbocycles. The maximum Gasteiger partial charge on any atom is 0.135 e. The highest BCUT2D eigenvalue weighted by atomic mass is 16.5. The van der Waals surface area contributed by atoms with Crippen LogP contribution in [-0.2, 0) is 0 Å². The predicted molar refractivity (Wildman–Crippen MR) is 135 cm³/mol. The zero-order valence-electron chi connectivity index (χ0n) is 20.6. The Balaban J connectivity index is 1.51. The highest BCUT2D eigenvalue weighted by Crippen LogP contribution is 2.16. The molecule has 3 aliphatic heterocycles. The fourth-order valence-electron chi connectivity index (χ4n) is 4.92. The van der Waals surface area contributed by atoms with Gasteiger partial charge < -0.3 is 19.9 Å². The lowest BCUT2D eigenvalue weighted by atomic mass is 10.0. The molecule has 2 fully saturated rings. The summed E-state index contributed by atoms with van der Waals surface area (Å²) < 4.78 is 5.72. The second-order valence-electron chi connectivity index (χ2n) is 9.57. The van der Waals surface area contributed by atoms with Crippen LogP contribution in [0.2, 0.25) is 0 Å². The van der Waals surface area contributed by atoms with E-state index in [1.165, 1.54) is 32.4 Å². The Labute approximate surface area is 198 Å². The smallest absolute Gasteiger partial charge is 0.135 e. The van der Waals surface area contributed by atoms with Crippen LogP contribution in [0.25, 0.3) is 5.82 Å². The third kappa shape index (κ3) is 6.37. The van der Waals surface area contributed by atoms with Gasteiger partial charge in [-0.2, -0.15) is 0 Å². The molecule has 0 atom stereocenters. The van der Waals surface area contributed by atoms with Gasteiger partial charge in [-0.25, -0.2) is 4.99 Å². The van der Waals surface area contributed by atoms with E-state index in [-0.39, 0.29) is 0 Å². The van der Waals surface area contributed by atoms with E-state index in [1.807, 2.05) is 6.21 Å². The van der Waals surface area contributed by atoms with Gasteiger partial charge >= 0.3 is 0 Å². The normalized spacial score (nSPS) is 19.9. The summed E-state index contributed by atoms with van der Waals surface area (Å²) in [5.74, 6) is 8.41. The van der Waals surface area contributed by atoms with Gasteiger partial charge in [-0.15, -0.1) is 0 Å². The fourth-order valence-corrected chi connectivity index (χ4v) is 4.92. The van der Waals surface area contributed by atoms with Crippen molar-refractivity contribution in [1.82, 2.24) is 15.1 Å². The molecule has 33 heavy (non-hydrogen) atoms. The minimum Gasteiger partial charge on any atom is -0.495 e. The zero-order valence-corrected chi connectivity index (χ0v) is 20.6. The van der Waals surface area contributed by atoms with E-state index in [2.05, 4.69) is 52.9 Å². The van der Waals surface area contributed by atoms with E-state index in [9.17, 15) is 0 Å². The number of rotatable bonds is 6. The van der Waals surface area contributed by atoms with Gasteiger partial charge in [-0.05, 0) is 64.8 Å². The SMILES string of the molecule is COc1cc2c(cc1C#CCCN1CCCCC1)=NCC=NC=2NC1CCN(C(C)C)CC1. The first kappa shape index (κ1) is 23.8. The summed E-state index contributed by atoms with van der Waals surface area (Å²) in [4.78, 5) is 14.5. The van der Waals surface area contributed by atoms with Crippen LogP contribution in [-0.4, -0.2) is 74.5 Å². The molecule has 0 unspecified atom stereocenters. The number of likely N-dealkylation sites (tertiary alicyclic amines) is 2. The minimum absolute atomic E-state index is 0.429. The Hall–Kier alpha value is -2.36. The Morgan fingerprint density at radius 3 is 2.64 bits per heavy atom. The minimum atomic E-state index is 0.429. The van der Waals surface area contributed by atoms with E-state index in [1.54, 1.807) is 7.11 Å². The number of nitrogens with one attached hydrogen (secondary N) is 1. The van der Waals surface area contributed by atoms with Crippen LogP contribution in [0.3, 0.4) is 0 Å². The summed E-state index contributed by atoms with van der Waals surface area (Å²) >= 11 is 0. The Morgan fingerprint density at radius 1 is 1.12 bits per heavy atom. The number of hydrogen-bond donors (Lipinski definition) is 1. The molecule has 6 heteroatoms. The second-order valence-corrected chi connectivity index (χ2v) is 9.57. The fraction of sp³-hybridized carbons (Fsp3) is 0.630. The maximum atomic E-state index is 5.72. The third-order valence-electron chi connectivity index (χ3n) is 6.96. The van der Waals surface area contributed by atoms with Crippen LogP contribution < -0.4 is 20.6 Å². The van der Waals surface area contributed by atoms with Crippen LogP contribution in [0.4, 0.5) is 0 Å². The van der Waals surface area contributed by atoms with Gasteiger partial charge in [0.05, 0.1) is 24.6 Å². The van der Waals surface area contributed by atoms with Crippen molar-refractivity contribution in [3.05, 3.63) is 28.3 Å². The van der Waals surface area contributed by atoms with Crippen molar-refractivity contribution < 1.29 is 4.74 Å². The molecule has 0 saturated carbocycles. The van der Waals surface area contributed by atoms with Crippen LogP contribution in [0.15, 0.2) is 22.1 Å². The molecule has 0 radical (unpaired) electrons. The average molecular weight is 450 g/mol. The highest BCUT2D eigenvalue weighted by Gasteiger charge is 2.21. The predicted octanol–water partition coefficient (Wildman–Crippen LogP) is 2.15. The molecular weight excluding hydrogens is 410 g/mol. The molecule has 2 saturated heterocycles. The molecular formula is C27H39N5O. The lowest BCUT2D eigenvalue weighted by molar-refractivity contribution is 0.166. The Morgan fingerprint density at radius 2 is 1.91 bits per heavy atom. The highest BCUT2D eigenvalue weighted by molar-refractivity contribution is 5.68. The topological polar surface area (TPSA) is 52.5 Å². The number of nitrogens with zero attached hydrogens (tertiary/aromatic N) is 4. The molecule has 0 amide bonds. The van der Waals surface area contributed by atoms with E-state index in [0.717, 1.165) is 66.6 Å². The molecule has 0 bridgehead atoms. The average Bonchev–Trinajstić information content (AvgIpc) is 3.03. The van der Waals surface area contributed by atoms with Gasteiger partial charge in [0, 0.05) is 49.6 Å². The molecule has 3 heterocycles. The zero-order chi connectivity index (χ0) is 23.0. The summed E-state index contributed by atoms with van der Waals surface area (Å²) in [6.45, 7) is 10.9. The molecule has 3 aliphatic rings. The summed E-state index contributed by atoms with van der Waals surface area (Å²) in [5.41, 5.74) is 0.908. The standard InChI is InChI=1S/C27H39N5O/c1-21(2)32-17-10-23(11-18-32)30-27-24-20-26(33-3)22(19-25(24)28-12-13-29-27)9-5-8-16-31-14-6-4-7-15-31/h13,19-21,23,30H,4,6-8,10-12,14-18H2,1-3H3. The van der Waals surface area contributed by atoms with Gasteiger partial charge in [0.25, 0.3) is 0 Å². The van der Waals surface area contributed by atoms with E-state index in [0.29, 0.717) is 18.6 Å². The van der Waals surface area contributed by atoms with Gasteiger partial charge in [-0.3, -0.25) is 4.99 Å². The lowest BCUT2D eigenvalue weighted by Gasteiger charge is -2.35. The molecule has 6 nitrogen and oxygen atoms in total. The largest absolute Gasteiger partial charge is 0.495 e. The number of aliphatic imine (C=N–C) groups is 1. The van der Waals surface area contributed by atoms with Gasteiger partial charge in [0.15, 0.2) is 0 Å². The van der Waals surface area contributed by atoms with Gasteiger partial charge in [0.1, 0.15) is 11.6 Å². The summed E-state index contributed by atoms with van der Waals surface area (Å²) in [6.07, 6.45) is 9.03. The van der Waals surface area contributed by atoms with Crippen molar-refractivity contribution in [1.29, 1.82) is 0 Å². The second kappa shape index (κ2) is 11.7. The molecule has 4 rings (SSSR count). The van der Waals surface area contributed by atoms with Crippen molar-refractivity contribution in [2.24, 2.45) is 9.98 Å². The summed E-state index contributed by atoms with van der Waals surface area (Å²) in [6, 6.07) is 5.16. The van der Waals surface area contributed by atoms with Gasteiger partial charge in [0.2, 0.25) is 0 Å². The van der Waals surface area contributed by atoms with Crippen LogP contribution in [0.1, 0.15) is 57.9 Å². The van der Waals surface area contributed by atoms with Crippen LogP contribution in [0.5, 0.6) is 5.75 Å². The van der Waals surface area contributed by atoms with E-state index >= 15 is 0 Å². The van der Waals surface area contributed by atoms with E-state index in [4.69, 9.17) is 14.7 Å². The molecule has 0 spiro atoms. The first-order valence-electron chi connectivity index (χ1n) is 12.6. The van der Waals surface area contributed by atoms with Crippen LogP contribution in [0, 0.1) is 11.8 Å². The molecule has 1 N–H and O–H groups in total. The van der Waals surface area contributed by atoms with Crippen molar-refractivity contribution >= 4 is 12.0 Å².